The zero-order chi connectivity index (χ0) is 15.0. The Morgan fingerprint density at radius 3 is 2.76 bits per heavy atom. The van der Waals surface area contributed by atoms with E-state index in [0.29, 0.717) is 10.2 Å². The molecule has 0 saturated heterocycles. The monoisotopic (exact) mass is 305 g/mol. The molecule has 21 heavy (non-hydrogen) atoms. The second-order valence-electron chi connectivity index (χ2n) is 5.74. The Hall–Kier alpha value is -1.69. The van der Waals surface area contributed by atoms with Gasteiger partial charge in [0.15, 0.2) is 0 Å². The predicted molar refractivity (Wildman–Crippen MR) is 84.2 cm³/mol. The van der Waals surface area contributed by atoms with Crippen LogP contribution >= 0.6 is 11.5 Å². The van der Waals surface area contributed by atoms with Crippen molar-refractivity contribution in [1.29, 1.82) is 0 Å². The van der Waals surface area contributed by atoms with Crippen molar-refractivity contribution >= 4 is 27.8 Å². The Bertz CT molecular complexity index is 741. The van der Waals surface area contributed by atoms with Crippen LogP contribution in [0, 0.1) is 13.8 Å². The number of rotatable bonds is 1. The van der Waals surface area contributed by atoms with Crippen LogP contribution in [0.2, 0.25) is 0 Å². The third-order valence-electron chi connectivity index (χ3n) is 4.00. The molecule has 0 aliphatic heterocycles. The lowest BCUT2D eigenvalue weighted by Gasteiger charge is -2.22. The molecule has 0 atom stereocenters. The normalized spacial score (nSPS) is 16.3. The summed E-state index contributed by atoms with van der Waals surface area (Å²) < 4.78 is 1.21. The average Bonchev–Trinajstić information content (AvgIpc) is 2.77. The van der Waals surface area contributed by atoms with Crippen molar-refractivity contribution in [2.45, 2.75) is 52.0 Å². The van der Waals surface area contributed by atoms with Gasteiger partial charge in [-0.05, 0) is 49.9 Å². The topological polar surface area (TPSA) is 64.0 Å². The quantitative estimate of drug-likeness (QED) is 0.881. The summed E-state index contributed by atoms with van der Waals surface area (Å²) in [5, 5.41) is 3.54. The molecule has 0 aromatic carbocycles. The van der Waals surface area contributed by atoms with Crippen LogP contribution in [0.25, 0.3) is 10.2 Å². The van der Waals surface area contributed by atoms with Gasteiger partial charge in [-0.1, -0.05) is 19.3 Å². The lowest BCUT2D eigenvalue weighted by molar-refractivity contribution is 0.235. The van der Waals surface area contributed by atoms with E-state index in [9.17, 15) is 9.59 Å². The number of amides is 1. The van der Waals surface area contributed by atoms with E-state index in [4.69, 9.17) is 0 Å². The highest BCUT2D eigenvalue weighted by atomic mass is 32.1. The Morgan fingerprint density at radius 1 is 1.33 bits per heavy atom. The molecule has 0 bridgehead atoms. The third kappa shape index (κ3) is 2.72. The van der Waals surface area contributed by atoms with E-state index >= 15 is 0 Å². The second-order valence-corrected chi connectivity index (χ2v) is 6.67. The number of nitrogens with zero attached hydrogens (tertiary/aromatic N) is 2. The summed E-state index contributed by atoms with van der Waals surface area (Å²) in [6, 6.07) is 1.76. The van der Waals surface area contributed by atoms with Crippen LogP contribution in [0.3, 0.4) is 0 Å². The molecule has 2 aromatic rings. The molecule has 5 nitrogen and oxygen atoms in total. The lowest BCUT2D eigenvalue weighted by Crippen LogP contribution is -2.41. The standard InChI is InChI=1S/C15H19N3O2S/c1-9-8-10(2)16-13-12(9)14(19)18(21-13)15(20)17-11-6-4-3-5-7-11/h8,11H,3-7H2,1-2H3,(H,17,20). The van der Waals surface area contributed by atoms with Crippen molar-refractivity contribution in [2.75, 3.05) is 0 Å². The third-order valence-corrected chi connectivity index (χ3v) is 4.99. The molecule has 1 N–H and O–H groups in total. The molecule has 1 saturated carbocycles. The van der Waals surface area contributed by atoms with E-state index in [2.05, 4.69) is 10.3 Å². The number of aromatic nitrogens is 2. The molecule has 1 aliphatic rings. The van der Waals surface area contributed by atoms with Gasteiger partial charge < -0.3 is 5.32 Å². The van der Waals surface area contributed by atoms with Gasteiger partial charge >= 0.3 is 6.03 Å². The molecule has 2 heterocycles. The number of nitrogens with one attached hydrogen (secondary N) is 1. The van der Waals surface area contributed by atoms with Crippen LogP contribution in [-0.2, 0) is 0 Å². The molecule has 1 fully saturated rings. The highest BCUT2D eigenvalue weighted by Gasteiger charge is 2.20. The van der Waals surface area contributed by atoms with E-state index in [1.807, 2.05) is 19.9 Å². The SMILES string of the molecule is Cc1cc(C)c2c(=O)n(C(=O)NC3CCCCC3)sc2n1. The number of carbonyl (C=O) groups excluding carboxylic acids is 1. The largest absolute Gasteiger partial charge is 0.338 e. The van der Waals surface area contributed by atoms with Gasteiger partial charge in [-0.25, -0.2) is 9.78 Å². The van der Waals surface area contributed by atoms with Crippen LogP contribution in [0.1, 0.15) is 43.4 Å². The zero-order valence-corrected chi connectivity index (χ0v) is 13.1. The molecule has 3 rings (SSSR count). The molecule has 112 valence electrons. The van der Waals surface area contributed by atoms with E-state index in [0.717, 1.165) is 48.5 Å². The van der Waals surface area contributed by atoms with Crippen LogP contribution in [0.15, 0.2) is 10.9 Å². The Balaban J connectivity index is 1.93. The number of fused-ring (bicyclic) bond motifs is 1. The van der Waals surface area contributed by atoms with Crippen molar-refractivity contribution in [3.05, 3.63) is 27.7 Å². The summed E-state index contributed by atoms with van der Waals surface area (Å²) in [6.07, 6.45) is 5.53. The molecule has 0 spiro atoms. The molecule has 2 aromatic heterocycles. The summed E-state index contributed by atoms with van der Waals surface area (Å²) in [5.41, 5.74) is 1.48. The van der Waals surface area contributed by atoms with E-state index in [-0.39, 0.29) is 17.6 Å². The molecular weight excluding hydrogens is 286 g/mol. The highest BCUT2D eigenvalue weighted by molar-refractivity contribution is 7.14. The van der Waals surface area contributed by atoms with Crippen molar-refractivity contribution in [3.8, 4) is 0 Å². The van der Waals surface area contributed by atoms with E-state index in [1.54, 1.807) is 0 Å². The Labute approximate surface area is 127 Å². The number of pyridine rings is 1. The van der Waals surface area contributed by atoms with Crippen LogP contribution in [0.5, 0.6) is 0 Å². The zero-order valence-electron chi connectivity index (χ0n) is 12.3. The first-order chi connectivity index (χ1) is 10.1. The van der Waals surface area contributed by atoms with Crippen molar-refractivity contribution in [2.24, 2.45) is 0 Å². The number of carbonyl (C=O) groups is 1. The smallest absolute Gasteiger partial charge is 0.334 e. The van der Waals surface area contributed by atoms with Crippen molar-refractivity contribution < 1.29 is 4.79 Å². The molecular formula is C15H19N3O2S. The first kappa shape index (κ1) is 14.3. The highest BCUT2D eigenvalue weighted by Crippen LogP contribution is 2.20. The fraction of sp³-hybridized carbons (Fsp3) is 0.533. The van der Waals surface area contributed by atoms with Gasteiger partial charge in [0.05, 0.1) is 5.39 Å². The van der Waals surface area contributed by atoms with Gasteiger partial charge in [-0.15, -0.1) is 0 Å². The van der Waals surface area contributed by atoms with Gasteiger partial charge in [0, 0.05) is 11.7 Å². The summed E-state index contributed by atoms with van der Waals surface area (Å²) in [5.74, 6) is 0. The summed E-state index contributed by atoms with van der Waals surface area (Å²) in [4.78, 5) is 29.8. The maximum atomic E-state index is 12.4. The first-order valence-corrected chi connectivity index (χ1v) is 8.15. The number of hydrogen-bond donors (Lipinski definition) is 1. The predicted octanol–water partition coefficient (Wildman–Crippen LogP) is 2.97. The Morgan fingerprint density at radius 2 is 2.05 bits per heavy atom. The summed E-state index contributed by atoms with van der Waals surface area (Å²) in [7, 11) is 0. The van der Waals surface area contributed by atoms with Crippen LogP contribution < -0.4 is 10.9 Å². The van der Waals surface area contributed by atoms with Gasteiger partial charge in [-0.2, -0.15) is 3.96 Å². The van der Waals surface area contributed by atoms with Gasteiger partial charge in [0.2, 0.25) is 0 Å². The molecule has 0 unspecified atom stereocenters. The minimum absolute atomic E-state index is 0.194. The number of aryl methyl sites for hydroxylation is 2. The van der Waals surface area contributed by atoms with Gasteiger partial charge in [0.1, 0.15) is 4.83 Å². The molecule has 1 amide bonds. The van der Waals surface area contributed by atoms with E-state index in [1.165, 1.54) is 10.4 Å². The van der Waals surface area contributed by atoms with Gasteiger partial charge in [0.25, 0.3) is 5.56 Å². The first-order valence-electron chi connectivity index (χ1n) is 7.37. The number of hydrogen-bond acceptors (Lipinski definition) is 4. The van der Waals surface area contributed by atoms with Crippen molar-refractivity contribution in [1.82, 2.24) is 14.3 Å². The maximum Gasteiger partial charge on any atom is 0.338 e. The summed E-state index contributed by atoms with van der Waals surface area (Å²) in [6.45, 7) is 3.78. The minimum atomic E-state index is -0.313. The molecule has 6 heteroatoms. The molecule has 1 aliphatic carbocycles. The van der Waals surface area contributed by atoms with Crippen LogP contribution in [0.4, 0.5) is 4.79 Å². The maximum absolute atomic E-state index is 12.4. The van der Waals surface area contributed by atoms with Crippen LogP contribution in [-0.4, -0.2) is 21.0 Å². The Kier molecular flexibility index (Phi) is 3.80. The van der Waals surface area contributed by atoms with Crippen molar-refractivity contribution in [3.63, 3.8) is 0 Å². The average molecular weight is 305 g/mol. The molecule has 0 radical (unpaired) electrons. The van der Waals surface area contributed by atoms with E-state index < -0.39 is 0 Å². The van der Waals surface area contributed by atoms with Gasteiger partial charge in [-0.3, -0.25) is 4.79 Å². The summed E-state index contributed by atoms with van der Waals surface area (Å²) >= 11 is 1.13. The second kappa shape index (κ2) is 5.60. The lowest BCUT2D eigenvalue weighted by atomic mass is 9.96. The fourth-order valence-electron chi connectivity index (χ4n) is 2.97. The minimum Gasteiger partial charge on any atom is -0.334 e. The fourth-order valence-corrected chi connectivity index (χ4v) is 3.98.